The Morgan fingerprint density at radius 3 is 2.58 bits per heavy atom. The van der Waals surface area contributed by atoms with Gasteiger partial charge < -0.3 is 10.6 Å². The number of carbonyl (C=O) groups is 1. The van der Waals surface area contributed by atoms with Crippen LogP contribution in [0.3, 0.4) is 0 Å². The molecule has 36 heavy (non-hydrogen) atoms. The van der Waals surface area contributed by atoms with Crippen LogP contribution in [0.2, 0.25) is 5.02 Å². The smallest absolute Gasteiger partial charge is 0.234 e. The van der Waals surface area contributed by atoms with Gasteiger partial charge in [0.2, 0.25) is 5.91 Å². The molecule has 7 nitrogen and oxygen atoms in total. The number of nitrogens with one attached hydrogen (secondary N) is 2. The van der Waals surface area contributed by atoms with E-state index in [0.717, 1.165) is 33.8 Å². The molecular weight excluding hydrogens is 496 g/mol. The molecule has 4 aromatic rings. The Labute approximate surface area is 213 Å². The highest BCUT2D eigenvalue weighted by molar-refractivity contribution is 7.90. The summed E-state index contributed by atoms with van der Waals surface area (Å²) in [6.07, 6.45) is 4.50. The van der Waals surface area contributed by atoms with Crippen LogP contribution < -0.4 is 10.6 Å². The first-order valence-corrected chi connectivity index (χ1v) is 13.3. The van der Waals surface area contributed by atoms with Crippen LogP contribution in [0.1, 0.15) is 30.7 Å². The van der Waals surface area contributed by atoms with Gasteiger partial charge in [-0.2, -0.15) is 0 Å². The largest absolute Gasteiger partial charge is 0.340 e. The summed E-state index contributed by atoms with van der Waals surface area (Å²) >= 11 is 6.17. The Morgan fingerprint density at radius 2 is 1.83 bits per heavy atom. The molecule has 0 radical (unpaired) electrons. The van der Waals surface area contributed by atoms with Gasteiger partial charge in [-0.1, -0.05) is 23.6 Å². The lowest BCUT2D eigenvalue weighted by Crippen LogP contribution is -2.26. The third kappa shape index (κ3) is 4.39. The highest BCUT2D eigenvalue weighted by Crippen LogP contribution is 2.37. The van der Waals surface area contributed by atoms with E-state index in [0.29, 0.717) is 17.2 Å². The van der Waals surface area contributed by atoms with Crippen molar-refractivity contribution in [2.24, 2.45) is 0 Å². The van der Waals surface area contributed by atoms with E-state index < -0.39 is 15.3 Å². The third-order valence-corrected chi connectivity index (χ3v) is 7.67. The first kappa shape index (κ1) is 23.8. The summed E-state index contributed by atoms with van der Waals surface area (Å²) in [4.78, 5) is 21.2. The molecule has 0 unspecified atom stereocenters. The third-order valence-electron chi connectivity index (χ3n) is 6.09. The number of halogens is 1. The molecule has 2 N–H and O–H groups in total. The number of sulfone groups is 1. The summed E-state index contributed by atoms with van der Waals surface area (Å²) in [5, 5.41) is 7.87. The lowest BCUT2D eigenvalue weighted by Gasteiger charge is -2.14. The van der Waals surface area contributed by atoms with Gasteiger partial charge in [0.25, 0.3) is 0 Å². The highest BCUT2D eigenvalue weighted by Gasteiger charge is 2.38. The van der Waals surface area contributed by atoms with E-state index in [-0.39, 0.29) is 15.8 Å². The predicted molar refractivity (Wildman–Crippen MR) is 141 cm³/mol. The molecule has 1 aliphatic heterocycles. The molecule has 1 amide bonds. The first-order valence-electron chi connectivity index (χ1n) is 11.0. The van der Waals surface area contributed by atoms with Gasteiger partial charge >= 0.3 is 0 Å². The second kappa shape index (κ2) is 8.63. The van der Waals surface area contributed by atoms with Crippen LogP contribution in [-0.4, -0.2) is 30.5 Å². The molecule has 0 aliphatic carbocycles. The molecule has 0 bridgehead atoms. The van der Waals surface area contributed by atoms with Gasteiger partial charge in [-0.15, -0.1) is 0 Å². The van der Waals surface area contributed by atoms with Crippen molar-refractivity contribution in [3.63, 3.8) is 0 Å². The summed E-state index contributed by atoms with van der Waals surface area (Å²) in [6.45, 7) is 3.79. The standard InChI is InChI=1S/C27H21ClN4O3S/c1-27(2)20-7-4-16(12-23(20)32-26(27)33)5-8-22-19-14-25(30-15-17(19)10-11-29-22)31-18-6-9-24(21(28)13-18)36(3,34)35/h4,6-7,9-15H,1-3H3,(H,30,31)(H,32,33). The zero-order valence-corrected chi connectivity index (χ0v) is 21.3. The topological polar surface area (TPSA) is 101 Å². The van der Waals surface area contributed by atoms with Gasteiger partial charge in [0.15, 0.2) is 9.84 Å². The number of hydrogen-bond donors (Lipinski definition) is 2. The number of aromatic nitrogens is 2. The zero-order chi connectivity index (χ0) is 25.7. The van der Waals surface area contributed by atoms with Crippen molar-refractivity contribution in [1.29, 1.82) is 0 Å². The number of rotatable bonds is 3. The average molecular weight is 517 g/mol. The lowest BCUT2D eigenvalue weighted by atomic mass is 9.86. The van der Waals surface area contributed by atoms with Gasteiger partial charge in [0.1, 0.15) is 11.5 Å². The van der Waals surface area contributed by atoms with E-state index in [2.05, 4.69) is 32.4 Å². The SMILES string of the molecule is CC1(C)C(=O)Nc2cc(C#Cc3nccc4cnc(Nc5ccc(S(C)(=O)=O)c(Cl)c5)cc34)ccc21. The summed E-state index contributed by atoms with van der Waals surface area (Å²) in [5.74, 6) is 6.78. The quantitative estimate of drug-likeness (QED) is 0.369. The Bertz CT molecular complexity index is 1740. The van der Waals surface area contributed by atoms with Gasteiger partial charge in [-0.05, 0) is 67.8 Å². The minimum absolute atomic E-state index is 0.0295. The van der Waals surface area contributed by atoms with Crippen LogP contribution >= 0.6 is 11.6 Å². The van der Waals surface area contributed by atoms with E-state index >= 15 is 0 Å². The highest BCUT2D eigenvalue weighted by atomic mass is 35.5. The number of amides is 1. The monoisotopic (exact) mass is 516 g/mol. The number of nitrogens with zero attached hydrogens (tertiary/aromatic N) is 2. The van der Waals surface area contributed by atoms with Crippen molar-refractivity contribution in [2.45, 2.75) is 24.2 Å². The number of fused-ring (bicyclic) bond motifs is 2. The molecule has 0 saturated heterocycles. The molecule has 2 aromatic heterocycles. The van der Waals surface area contributed by atoms with Crippen LogP contribution in [0.25, 0.3) is 10.8 Å². The molecule has 1 aliphatic rings. The van der Waals surface area contributed by atoms with Crippen LogP contribution in [0, 0.1) is 11.8 Å². The molecule has 3 heterocycles. The number of carbonyl (C=O) groups excluding carboxylic acids is 1. The van der Waals surface area contributed by atoms with E-state index in [9.17, 15) is 13.2 Å². The van der Waals surface area contributed by atoms with Gasteiger partial charge in [0, 0.05) is 46.4 Å². The van der Waals surface area contributed by atoms with E-state index in [4.69, 9.17) is 11.6 Å². The maximum atomic E-state index is 12.2. The van der Waals surface area contributed by atoms with Gasteiger partial charge in [-0.3, -0.25) is 4.79 Å². The maximum Gasteiger partial charge on any atom is 0.234 e. The van der Waals surface area contributed by atoms with Crippen molar-refractivity contribution >= 4 is 55.3 Å². The van der Waals surface area contributed by atoms with Crippen LogP contribution in [0.5, 0.6) is 0 Å². The molecule has 0 fully saturated rings. The van der Waals surface area contributed by atoms with Gasteiger partial charge in [-0.25, -0.2) is 18.4 Å². The molecule has 2 aromatic carbocycles. The van der Waals surface area contributed by atoms with Crippen LogP contribution in [0.15, 0.2) is 65.8 Å². The molecular formula is C27H21ClN4O3S. The van der Waals surface area contributed by atoms with Crippen LogP contribution in [-0.2, 0) is 20.0 Å². The van der Waals surface area contributed by atoms with E-state index in [1.165, 1.54) is 6.07 Å². The fourth-order valence-corrected chi connectivity index (χ4v) is 5.39. The summed E-state index contributed by atoms with van der Waals surface area (Å²) < 4.78 is 23.6. The number of benzene rings is 2. The number of hydrogen-bond acceptors (Lipinski definition) is 6. The fraction of sp³-hybridized carbons (Fsp3) is 0.148. The fourth-order valence-electron chi connectivity index (χ4n) is 4.06. The van der Waals surface area contributed by atoms with Crippen molar-refractivity contribution < 1.29 is 13.2 Å². The maximum absolute atomic E-state index is 12.2. The molecule has 5 rings (SSSR count). The zero-order valence-electron chi connectivity index (χ0n) is 19.7. The first-order chi connectivity index (χ1) is 17.0. The van der Waals surface area contributed by atoms with E-state index in [1.54, 1.807) is 24.5 Å². The number of pyridine rings is 2. The average Bonchev–Trinajstić information content (AvgIpc) is 3.04. The number of anilines is 3. The second-order valence-electron chi connectivity index (χ2n) is 9.08. The Hall–Kier alpha value is -3.93. The summed E-state index contributed by atoms with van der Waals surface area (Å²) in [7, 11) is -3.42. The summed E-state index contributed by atoms with van der Waals surface area (Å²) in [5.41, 5.74) is 3.10. The lowest BCUT2D eigenvalue weighted by molar-refractivity contribution is -0.119. The van der Waals surface area contributed by atoms with Gasteiger partial charge in [0.05, 0.1) is 15.3 Å². The van der Waals surface area contributed by atoms with Crippen molar-refractivity contribution in [2.75, 3.05) is 16.9 Å². The molecule has 0 saturated carbocycles. The Kier molecular flexibility index (Phi) is 5.70. The molecule has 9 heteroatoms. The molecule has 180 valence electrons. The Balaban J connectivity index is 1.46. The van der Waals surface area contributed by atoms with Crippen molar-refractivity contribution in [1.82, 2.24) is 9.97 Å². The van der Waals surface area contributed by atoms with Crippen molar-refractivity contribution in [3.05, 3.63) is 82.8 Å². The minimum atomic E-state index is -3.42. The minimum Gasteiger partial charge on any atom is -0.340 e. The van der Waals surface area contributed by atoms with Crippen LogP contribution in [0.4, 0.5) is 17.2 Å². The predicted octanol–water partition coefficient (Wildman–Crippen LogP) is 5.06. The second-order valence-corrected chi connectivity index (χ2v) is 11.5. The van der Waals surface area contributed by atoms with Crippen molar-refractivity contribution in [3.8, 4) is 11.8 Å². The Morgan fingerprint density at radius 1 is 1.03 bits per heavy atom. The normalized spacial score (nSPS) is 14.1. The molecule has 0 spiro atoms. The summed E-state index contributed by atoms with van der Waals surface area (Å²) in [6, 6.07) is 14.0. The molecule has 0 atom stereocenters. The van der Waals surface area contributed by atoms with E-state index in [1.807, 2.05) is 44.2 Å².